The van der Waals surface area contributed by atoms with Crippen LogP contribution < -0.4 is 5.32 Å². The summed E-state index contributed by atoms with van der Waals surface area (Å²) in [6.45, 7) is 0.583. The topological polar surface area (TPSA) is 46.2 Å². The first-order valence-corrected chi connectivity index (χ1v) is 7.46. The van der Waals surface area contributed by atoms with Gasteiger partial charge in [-0.25, -0.2) is 8.42 Å². The summed E-state index contributed by atoms with van der Waals surface area (Å²) in [6, 6.07) is 9.91. The standard InChI is InChI=1S/C12H17NO2S/c14-16(15,9-8-13-12-6-7-12)10-11-4-2-1-3-5-11/h1-5,12-13H,6-10H2. The highest BCUT2D eigenvalue weighted by Gasteiger charge is 2.21. The Labute approximate surface area is 96.8 Å². The molecule has 16 heavy (non-hydrogen) atoms. The lowest BCUT2D eigenvalue weighted by Gasteiger charge is -2.05. The fourth-order valence-electron chi connectivity index (χ4n) is 1.61. The molecule has 0 bridgehead atoms. The van der Waals surface area contributed by atoms with Gasteiger partial charge in [0.2, 0.25) is 0 Å². The van der Waals surface area contributed by atoms with Crippen molar-refractivity contribution in [2.45, 2.75) is 24.6 Å². The summed E-state index contributed by atoms with van der Waals surface area (Å²) < 4.78 is 23.5. The van der Waals surface area contributed by atoms with Gasteiger partial charge in [0.1, 0.15) is 0 Å². The van der Waals surface area contributed by atoms with Crippen LogP contribution in [0, 0.1) is 0 Å². The first-order valence-electron chi connectivity index (χ1n) is 5.63. The van der Waals surface area contributed by atoms with Crippen molar-refractivity contribution in [3.63, 3.8) is 0 Å². The van der Waals surface area contributed by atoms with Crippen molar-refractivity contribution in [1.29, 1.82) is 0 Å². The first kappa shape index (κ1) is 11.6. The van der Waals surface area contributed by atoms with E-state index in [1.165, 1.54) is 12.8 Å². The van der Waals surface area contributed by atoms with Gasteiger partial charge in [0.15, 0.2) is 9.84 Å². The van der Waals surface area contributed by atoms with Gasteiger partial charge in [-0.05, 0) is 18.4 Å². The Kier molecular flexibility index (Phi) is 3.61. The molecule has 1 fully saturated rings. The molecule has 1 aliphatic rings. The first-order chi connectivity index (χ1) is 7.66. The molecule has 1 aromatic carbocycles. The zero-order chi connectivity index (χ0) is 11.4. The molecule has 0 aromatic heterocycles. The number of hydrogen-bond donors (Lipinski definition) is 1. The number of rotatable bonds is 6. The molecule has 0 spiro atoms. The van der Waals surface area contributed by atoms with Crippen LogP contribution in [-0.2, 0) is 15.6 Å². The van der Waals surface area contributed by atoms with Gasteiger partial charge in [-0.15, -0.1) is 0 Å². The summed E-state index contributed by atoms with van der Waals surface area (Å²) in [5.74, 6) is 0.387. The third-order valence-corrected chi connectivity index (χ3v) is 4.25. The van der Waals surface area contributed by atoms with Crippen molar-refractivity contribution >= 4 is 9.84 Å². The molecular weight excluding hydrogens is 222 g/mol. The monoisotopic (exact) mass is 239 g/mol. The largest absolute Gasteiger partial charge is 0.313 e. The van der Waals surface area contributed by atoms with Gasteiger partial charge in [0.25, 0.3) is 0 Å². The van der Waals surface area contributed by atoms with E-state index < -0.39 is 9.84 Å². The van der Waals surface area contributed by atoms with Gasteiger partial charge in [0, 0.05) is 12.6 Å². The summed E-state index contributed by atoms with van der Waals surface area (Å²) in [6.07, 6.45) is 2.39. The van der Waals surface area contributed by atoms with Crippen LogP contribution >= 0.6 is 0 Å². The molecule has 0 unspecified atom stereocenters. The fourth-order valence-corrected chi connectivity index (χ4v) is 2.88. The van der Waals surface area contributed by atoms with Crippen LogP contribution in [0.2, 0.25) is 0 Å². The third-order valence-electron chi connectivity index (χ3n) is 2.65. The van der Waals surface area contributed by atoms with E-state index in [1.54, 1.807) is 0 Å². The average Bonchev–Trinajstić information content (AvgIpc) is 3.02. The van der Waals surface area contributed by atoms with Crippen molar-refractivity contribution < 1.29 is 8.42 Å². The summed E-state index contributed by atoms with van der Waals surface area (Å²) in [5, 5.41) is 3.22. The number of benzene rings is 1. The minimum Gasteiger partial charge on any atom is -0.313 e. The van der Waals surface area contributed by atoms with Gasteiger partial charge in [0.05, 0.1) is 11.5 Å². The Morgan fingerprint density at radius 3 is 2.50 bits per heavy atom. The van der Waals surface area contributed by atoms with E-state index in [-0.39, 0.29) is 11.5 Å². The fraction of sp³-hybridized carbons (Fsp3) is 0.500. The molecule has 0 heterocycles. The lowest BCUT2D eigenvalue weighted by atomic mass is 10.2. The minimum atomic E-state index is -2.97. The smallest absolute Gasteiger partial charge is 0.155 e. The van der Waals surface area contributed by atoms with Crippen LogP contribution in [0.1, 0.15) is 18.4 Å². The maximum Gasteiger partial charge on any atom is 0.155 e. The van der Waals surface area contributed by atoms with Crippen molar-refractivity contribution in [3.8, 4) is 0 Å². The molecule has 88 valence electrons. The Morgan fingerprint density at radius 1 is 1.19 bits per heavy atom. The Bertz CT molecular complexity index is 424. The van der Waals surface area contributed by atoms with E-state index in [0.29, 0.717) is 12.6 Å². The predicted octanol–water partition coefficient (Wildman–Crippen LogP) is 1.35. The maximum absolute atomic E-state index is 11.8. The predicted molar refractivity (Wildman–Crippen MR) is 65.0 cm³/mol. The normalized spacial score (nSPS) is 16.2. The number of sulfone groups is 1. The second kappa shape index (κ2) is 4.97. The molecule has 1 aromatic rings. The van der Waals surface area contributed by atoms with Gasteiger partial charge >= 0.3 is 0 Å². The molecule has 1 N–H and O–H groups in total. The molecule has 2 rings (SSSR count). The second-order valence-electron chi connectivity index (χ2n) is 4.31. The maximum atomic E-state index is 11.8. The van der Waals surface area contributed by atoms with Crippen molar-refractivity contribution in [3.05, 3.63) is 35.9 Å². The number of nitrogens with one attached hydrogen (secondary N) is 1. The van der Waals surface area contributed by atoms with E-state index in [4.69, 9.17) is 0 Å². The minimum absolute atomic E-state index is 0.153. The van der Waals surface area contributed by atoms with Crippen LogP contribution in [0.3, 0.4) is 0 Å². The molecule has 0 radical (unpaired) electrons. The van der Waals surface area contributed by atoms with E-state index in [2.05, 4.69) is 5.32 Å². The van der Waals surface area contributed by atoms with Gasteiger partial charge in [-0.2, -0.15) is 0 Å². The van der Waals surface area contributed by atoms with Gasteiger partial charge in [-0.3, -0.25) is 0 Å². The van der Waals surface area contributed by atoms with E-state index in [9.17, 15) is 8.42 Å². The SMILES string of the molecule is O=S(=O)(CCNC1CC1)Cc1ccccc1. The lowest BCUT2D eigenvalue weighted by molar-refractivity contribution is 0.590. The summed E-state index contributed by atoms with van der Waals surface area (Å²) in [7, 11) is -2.97. The van der Waals surface area contributed by atoms with Crippen LogP contribution in [-0.4, -0.2) is 26.8 Å². The zero-order valence-electron chi connectivity index (χ0n) is 9.22. The van der Waals surface area contributed by atoms with Crippen molar-refractivity contribution in [1.82, 2.24) is 5.32 Å². The summed E-state index contributed by atoms with van der Waals surface area (Å²) >= 11 is 0. The molecule has 0 saturated heterocycles. The number of hydrogen-bond acceptors (Lipinski definition) is 3. The van der Waals surface area contributed by atoms with Crippen LogP contribution in [0.25, 0.3) is 0 Å². The zero-order valence-corrected chi connectivity index (χ0v) is 10.0. The van der Waals surface area contributed by atoms with Crippen LogP contribution in [0.5, 0.6) is 0 Å². The Morgan fingerprint density at radius 2 is 1.88 bits per heavy atom. The van der Waals surface area contributed by atoms with Gasteiger partial charge in [-0.1, -0.05) is 30.3 Å². The third kappa shape index (κ3) is 3.94. The van der Waals surface area contributed by atoms with Crippen molar-refractivity contribution in [2.24, 2.45) is 0 Å². The molecule has 0 aliphatic heterocycles. The highest BCUT2D eigenvalue weighted by Crippen LogP contribution is 2.18. The second-order valence-corrected chi connectivity index (χ2v) is 6.49. The summed E-state index contributed by atoms with van der Waals surface area (Å²) in [5.41, 5.74) is 0.869. The Hall–Kier alpha value is -0.870. The molecule has 3 nitrogen and oxygen atoms in total. The molecule has 1 aliphatic carbocycles. The lowest BCUT2D eigenvalue weighted by Crippen LogP contribution is -2.25. The average molecular weight is 239 g/mol. The Balaban J connectivity index is 1.82. The van der Waals surface area contributed by atoms with E-state index in [0.717, 1.165) is 5.56 Å². The molecular formula is C12H17NO2S. The molecule has 0 amide bonds. The highest BCUT2D eigenvalue weighted by molar-refractivity contribution is 7.90. The summed E-state index contributed by atoms with van der Waals surface area (Å²) in [4.78, 5) is 0. The quantitative estimate of drug-likeness (QED) is 0.815. The molecule has 1 saturated carbocycles. The van der Waals surface area contributed by atoms with Crippen molar-refractivity contribution in [2.75, 3.05) is 12.3 Å². The van der Waals surface area contributed by atoms with Gasteiger partial charge < -0.3 is 5.32 Å². The van der Waals surface area contributed by atoms with Crippen LogP contribution in [0.4, 0.5) is 0 Å². The van der Waals surface area contributed by atoms with Crippen LogP contribution in [0.15, 0.2) is 30.3 Å². The van der Waals surface area contributed by atoms with E-state index in [1.807, 2.05) is 30.3 Å². The highest BCUT2D eigenvalue weighted by atomic mass is 32.2. The molecule has 4 heteroatoms. The van der Waals surface area contributed by atoms with E-state index >= 15 is 0 Å². The molecule has 0 atom stereocenters.